The third kappa shape index (κ3) is 3.06. The lowest BCUT2D eigenvalue weighted by Crippen LogP contribution is -2.27. The molecule has 0 amide bonds. The predicted octanol–water partition coefficient (Wildman–Crippen LogP) is 2.83. The summed E-state index contributed by atoms with van der Waals surface area (Å²) in [6.45, 7) is 6.09. The number of aryl methyl sites for hydroxylation is 1. The van der Waals surface area contributed by atoms with Crippen LogP contribution in [0.3, 0.4) is 0 Å². The van der Waals surface area contributed by atoms with Crippen LogP contribution in [0.5, 0.6) is 0 Å². The molecule has 2 unspecified atom stereocenters. The van der Waals surface area contributed by atoms with Gasteiger partial charge in [-0.15, -0.1) is 0 Å². The second-order valence-electron chi connectivity index (χ2n) is 4.42. The van der Waals surface area contributed by atoms with Gasteiger partial charge in [-0.1, -0.05) is 56.5 Å². The fraction of sp³-hybridized carbons (Fsp3) is 0.571. The topological polar surface area (TPSA) is 40.5 Å². The smallest absolute Gasteiger partial charge is 0.105 e. The number of hydrogen-bond acceptors (Lipinski definition) is 2. The number of aliphatic hydroxyl groups excluding tert-OH is 2. The average molecular weight is 222 g/mol. The Morgan fingerprint density at radius 2 is 1.50 bits per heavy atom. The number of hydrogen-bond donors (Lipinski definition) is 2. The van der Waals surface area contributed by atoms with Gasteiger partial charge in [0.2, 0.25) is 0 Å². The zero-order chi connectivity index (χ0) is 12.1. The van der Waals surface area contributed by atoms with E-state index < -0.39 is 12.2 Å². The number of rotatable bonds is 5. The standard InChI is InChI=1S/C14H22O2/c1-4-11(5-2)13(15)14(16)12-8-6-10(3)7-9-12/h6-9,11,13-16H,4-5H2,1-3H3. The van der Waals surface area contributed by atoms with Crippen molar-refractivity contribution in [3.63, 3.8) is 0 Å². The molecule has 0 heterocycles. The molecule has 0 aliphatic heterocycles. The summed E-state index contributed by atoms with van der Waals surface area (Å²) >= 11 is 0. The van der Waals surface area contributed by atoms with Crippen LogP contribution in [-0.4, -0.2) is 16.3 Å². The summed E-state index contributed by atoms with van der Waals surface area (Å²) < 4.78 is 0. The molecule has 0 bridgehead atoms. The van der Waals surface area contributed by atoms with Gasteiger partial charge in [0.05, 0.1) is 6.10 Å². The van der Waals surface area contributed by atoms with Gasteiger partial charge in [0, 0.05) is 0 Å². The van der Waals surface area contributed by atoms with Crippen molar-refractivity contribution in [2.24, 2.45) is 5.92 Å². The molecule has 2 nitrogen and oxygen atoms in total. The first-order chi connectivity index (χ1) is 7.60. The average Bonchev–Trinajstić information content (AvgIpc) is 2.30. The highest BCUT2D eigenvalue weighted by molar-refractivity contribution is 5.23. The van der Waals surface area contributed by atoms with Crippen molar-refractivity contribution in [3.05, 3.63) is 35.4 Å². The summed E-state index contributed by atoms with van der Waals surface area (Å²) in [7, 11) is 0. The molecule has 2 N–H and O–H groups in total. The van der Waals surface area contributed by atoms with Crippen molar-refractivity contribution in [3.8, 4) is 0 Å². The highest BCUT2D eigenvalue weighted by Crippen LogP contribution is 2.25. The van der Waals surface area contributed by atoms with Crippen LogP contribution in [0.2, 0.25) is 0 Å². The SMILES string of the molecule is CCC(CC)C(O)C(O)c1ccc(C)cc1. The Morgan fingerprint density at radius 1 is 1.00 bits per heavy atom. The van der Waals surface area contributed by atoms with Crippen LogP contribution in [0.4, 0.5) is 0 Å². The van der Waals surface area contributed by atoms with Crippen molar-refractivity contribution in [1.29, 1.82) is 0 Å². The second-order valence-corrected chi connectivity index (χ2v) is 4.42. The zero-order valence-electron chi connectivity index (χ0n) is 10.4. The third-order valence-electron chi connectivity index (χ3n) is 3.27. The Hall–Kier alpha value is -0.860. The van der Waals surface area contributed by atoms with Crippen molar-refractivity contribution in [2.45, 2.75) is 45.8 Å². The molecule has 0 fully saturated rings. The highest BCUT2D eigenvalue weighted by atomic mass is 16.3. The Morgan fingerprint density at radius 3 is 1.94 bits per heavy atom. The lowest BCUT2D eigenvalue weighted by Gasteiger charge is -2.25. The van der Waals surface area contributed by atoms with E-state index in [2.05, 4.69) is 0 Å². The van der Waals surface area contributed by atoms with Crippen molar-refractivity contribution < 1.29 is 10.2 Å². The molecule has 0 spiro atoms. The fourth-order valence-corrected chi connectivity index (χ4v) is 1.99. The van der Waals surface area contributed by atoms with Crippen LogP contribution in [0.1, 0.15) is 43.9 Å². The molecular weight excluding hydrogens is 200 g/mol. The maximum absolute atomic E-state index is 10.1. The van der Waals surface area contributed by atoms with E-state index in [1.165, 1.54) is 0 Å². The summed E-state index contributed by atoms with van der Waals surface area (Å²) in [5.74, 6) is 0.163. The second kappa shape index (κ2) is 6.02. The fourth-order valence-electron chi connectivity index (χ4n) is 1.99. The van der Waals surface area contributed by atoms with Gasteiger partial charge in [-0.2, -0.15) is 0 Å². The van der Waals surface area contributed by atoms with Gasteiger partial charge >= 0.3 is 0 Å². The summed E-state index contributed by atoms with van der Waals surface area (Å²) in [5, 5.41) is 20.1. The molecule has 1 rings (SSSR count). The van der Waals surface area contributed by atoms with Crippen LogP contribution in [-0.2, 0) is 0 Å². The highest BCUT2D eigenvalue weighted by Gasteiger charge is 2.24. The van der Waals surface area contributed by atoms with Crippen LogP contribution in [0.15, 0.2) is 24.3 Å². The summed E-state index contributed by atoms with van der Waals surface area (Å²) in [6.07, 6.45) is 0.337. The van der Waals surface area contributed by atoms with Gasteiger partial charge in [0.15, 0.2) is 0 Å². The summed E-state index contributed by atoms with van der Waals surface area (Å²) in [4.78, 5) is 0. The van der Waals surface area contributed by atoms with Crippen molar-refractivity contribution >= 4 is 0 Å². The molecule has 0 saturated heterocycles. The molecule has 2 heteroatoms. The van der Waals surface area contributed by atoms with Gasteiger partial charge in [-0.05, 0) is 18.4 Å². The summed E-state index contributed by atoms with van der Waals surface area (Å²) in [5.41, 5.74) is 1.96. The molecule has 1 aromatic carbocycles. The number of benzene rings is 1. The molecule has 1 aromatic rings. The van der Waals surface area contributed by atoms with E-state index in [0.29, 0.717) is 0 Å². The van der Waals surface area contributed by atoms with Gasteiger partial charge in [0.1, 0.15) is 6.10 Å². The summed E-state index contributed by atoms with van der Waals surface area (Å²) in [6, 6.07) is 7.67. The molecular formula is C14H22O2. The minimum absolute atomic E-state index is 0.163. The Balaban J connectivity index is 2.76. The molecule has 2 atom stereocenters. The van der Waals surface area contributed by atoms with Crippen LogP contribution < -0.4 is 0 Å². The molecule has 0 saturated carbocycles. The van der Waals surface area contributed by atoms with Gasteiger partial charge in [0.25, 0.3) is 0 Å². The van der Waals surface area contributed by atoms with Gasteiger partial charge in [-0.3, -0.25) is 0 Å². The maximum Gasteiger partial charge on any atom is 0.105 e. The van der Waals surface area contributed by atoms with E-state index in [1.54, 1.807) is 0 Å². The van der Waals surface area contributed by atoms with Gasteiger partial charge < -0.3 is 10.2 Å². The quantitative estimate of drug-likeness (QED) is 0.804. The Kier molecular flexibility index (Phi) is 4.97. The molecule has 0 radical (unpaired) electrons. The molecule has 16 heavy (non-hydrogen) atoms. The van der Waals surface area contributed by atoms with Crippen LogP contribution >= 0.6 is 0 Å². The van der Waals surface area contributed by atoms with E-state index in [-0.39, 0.29) is 5.92 Å². The van der Waals surface area contributed by atoms with Crippen LogP contribution in [0, 0.1) is 12.8 Å². The monoisotopic (exact) mass is 222 g/mol. The first-order valence-electron chi connectivity index (χ1n) is 6.02. The molecule has 0 aliphatic carbocycles. The van der Waals surface area contributed by atoms with E-state index in [1.807, 2.05) is 45.0 Å². The van der Waals surface area contributed by atoms with Gasteiger partial charge in [-0.25, -0.2) is 0 Å². The molecule has 0 aliphatic rings. The third-order valence-corrected chi connectivity index (χ3v) is 3.27. The molecule has 90 valence electrons. The van der Waals surface area contributed by atoms with E-state index in [9.17, 15) is 10.2 Å². The Bertz CT molecular complexity index is 301. The van der Waals surface area contributed by atoms with E-state index in [0.717, 1.165) is 24.0 Å². The minimum Gasteiger partial charge on any atom is -0.390 e. The molecule has 0 aromatic heterocycles. The largest absolute Gasteiger partial charge is 0.390 e. The van der Waals surface area contributed by atoms with E-state index >= 15 is 0 Å². The minimum atomic E-state index is -0.773. The zero-order valence-corrected chi connectivity index (χ0v) is 10.4. The predicted molar refractivity (Wildman–Crippen MR) is 66.2 cm³/mol. The van der Waals surface area contributed by atoms with E-state index in [4.69, 9.17) is 0 Å². The lowest BCUT2D eigenvalue weighted by atomic mass is 9.89. The first kappa shape index (κ1) is 13.2. The van der Waals surface area contributed by atoms with Crippen LogP contribution in [0.25, 0.3) is 0 Å². The first-order valence-corrected chi connectivity index (χ1v) is 6.02. The normalized spacial score (nSPS) is 15.1. The lowest BCUT2D eigenvalue weighted by molar-refractivity contribution is -0.0209. The Labute approximate surface area is 97.9 Å². The van der Waals surface area contributed by atoms with Crippen molar-refractivity contribution in [2.75, 3.05) is 0 Å². The van der Waals surface area contributed by atoms with Crippen molar-refractivity contribution in [1.82, 2.24) is 0 Å². The maximum atomic E-state index is 10.1. The number of aliphatic hydroxyl groups is 2.